The van der Waals surface area contributed by atoms with Crippen molar-refractivity contribution in [3.8, 4) is 5.69 Å². The van der Waals surface area contributed by atoms with Crippen molar-refractivity contribution in [2.75, 3.05) is 13.1 Å². The van der Waals surface area contributed by atoms with E-state index >= 15 is 0 Å². The highest BCUT2D eigenvalue weighted by Gasteiger charge is 2.26. The number of halogens is 1. The Bertz CT molecular complexity index is 771. The third-order valence-corrected chi connectivity index (χ3v) is 5.93. The van der Waals surface area contributed by atoms with Gasteiger partial charge < -0.3 is 5.32 Å². The van der Waals surface area contributed by atoms with Crippen LogP contribution in [0.15, 0.2) is 30.5 Å². The first-order chi connectivity index (χ1) is 11.1. The average Bonchev–Trinajstić information content (AvgIpc) is 3.03. The van der Waals surface area contributed by atoms with Crippen LogP contribution in [0.25, 0.3) is 5.69 Å². The topological polar surface area (TPSA) is 88.9 Å². The van der Waals surface area contributed by atoms with Gasteiger partial charge in [-0.2, -0.15) is 0 Å². The second kappa shape index (κ2) is 6.96. The quantitative estimate of drug-likeness (QED) is 0.838. The Morgan fingerprint density at radius 2 is 2.22 bits per heavy atom. The molecule has 2 aromatic rings. The highest BCUT2D eigenvalue weighted by atomic mass is 35.5. The lowest BCUT2D eigenvalue weighted by Crippen LogP contribution is -2.44. The number of nitrogens with one attached hydrogen (secondary N) is 2. The zero-order valence-corrected chi connectivity index (χ0v) is 14.0. The summed E-state index contributed by atoms with van der Waals surface area (Å²) < 4.78 is 28.7. The molecule has 1 aromatic carbocycles. The van der Waals surface area contributed by atoms with Crippen LogP contribution in [-0.4, -0.2) is 41.8 Å². The van der Waals surface area contributed by atoms with Crippen LogP contribution in [0.5, 0.6) is 0 Å². The van der Waals surface area contributed by atoms with Crippen molar-refractivity contribution in [2.45, 2.75) is 24.6 Å². The van der Waals surface area contributed by atoms with Gasteiger partial charge in [0.2, 0.25) is 10.0 Å². The molecule has 2 heterocycles. The first kappa shape index (κ1) is 16.4. The van der Waals surface area contributed by atoms with Crippen LogP contribution in [0.3, 0.4) is 0 Å². The molecule has 23 heavy (non-hydrogen) atoms. The van der Waals surface area contributed by atoms with Gasteiger partial charge in [-0.1, -0.05) is 28.9 Å². The summed E-state index contributed by atoms with van der Waals surface area (Å²) in [6.45, 7) is 1.48. The van der Waals surface area contributed by atoms with Crippen molar-refractivity contribution >= 4 is 21.6 Å². The third kappa shape index (κ3) is 3.89. The molecule has 0 saturated carbocycles. The molecule has 1 unspecified atom stereocenters. The van der Waals surface area contributed by atoms with Crippen LogP contribution < -0.4 is 10.0 Å². The molecule has 1 aliphatic rings. The molecule has 1 saturated heterocycles. The number of para-hydroxylation sites is 1. The predicted molar refractivity (Wildman–Crippen MR) is 88.0 cm³/mol. The molecule has 7 nitrogen and oxygen atoms in total. The van der Waals surface area contributed by atoms with E-state index < -0.39 is 15.3 Å². The van der Waals surface area contributed by atoms with Gasteiger partial charge in [0.15, 0.2) is 0 Å². The fourth-order valence-electron chi connectivity index (χ4n) is 2.51. The Morgan fingerprint density at radius 3 is 2.96 bits per heavy atom. The molecule has 3 rings (SSSR count). The van der Waals surface area contributed by atoms with Crippen molar-refractivity contribution in [3.05, 3.63) is 41.2 Å². The zero-order valence-electron chi connectivity index (χ0n) is 12.4. The molecule has 1 atom stereocenters. The van der Waals surface area contributed by atoms with Crippen molar-refractivity contribution in [3.63, 3.8) is 0 Å². The SMILES string of the molecule is O=S(=O)(NCc1cn(-c2ccccc2Cl)nn1)C1CCCNC1. The molecule has 0 radical (unpaired) electrons. The summed E-state index contributed by atoms with van der Waals surface area (Å²) in [7, 11) is -3.36. The maximum atomic E-state index is 12.3. The summed E-state index contributed by atoms with van der Waals surface area (Å²) in [5.41, 5.74) is 1.24. The number of piperidine rings is 1. The van der Waals surface area contributed by atoms with Crippen molar-refractivity contribution < 1.29 is 8.42 Å². The van der Waals surface area contributed by atoms with E-state index in [1.54, 1.807) is 12.3 Å². The monoisotopic (exact) mass is 355 g/mol. The van der Waals surface area contributed by atoms with Crippen LogP contribution in [-0.2, 0) is 16.6 Å². The molecular formula is C14H18ClN5O2S. The summed E-state index contributed by atoms with van der Waals surface area (Å²) in [4.78, 5) is 0. The van der Waals surface area contributed by atoms with E-state index in [1.165, 1.54) is 4.68 Å². The molecule has 1 fully saturated rings. The molecule has 0 spiro atoms. The standard InChI is InChI=1S/C14H18ClN5O2S/c15-13-5-1-2-6-14(13)20-10-11(18-19-20)8-17-23(21,22)12-4-3-7-16-9-12/h1-2,5-6,10,12,16-17H,3-4,7-9H2. The Balaban J connectivity index is 1.66. The summed E-state index contributed by atoms with van der Waals surface area (Å²) in [5.74, 6) is 0. The second-order valence-corrected chi connectivity index (χ2v) is 7.89. The van der Waals surface area contributed by atoms with Gasteiger partial charge in [-0.05, 0) is 31.5 Å². The lowest BCUT2D eigenvalue weighted by atomic mass is 10.2. The number of sulfonamides is 1. The highest BCUT2D eigenvalue weighted by Crippen LogP contribution is 2.18. The number of benzene rings is 1. The smallest absolute Gasteiger partial charge is 0.216 e. The lowest BCUT2D eigenvalue weighted by Gasteiger charge is -2.22. The Labute approximate surface area is 140 Å². The van der Waals surface area contributed by atoms with E-state index in [-0.39, 0.29) is 6.54 Å². The molecule has 124 valence electrons. The Kier molecular flexibility index (Phi) is 4.96. The minimum absolute atomic E-state index is 0.114. The van der Waals surface area contributed by atoms with Crippen LogP contribution in [0.2, 0.25) is 5.02 Å². The highest BCUT2D eigenvalue weighted by molar-refractivity contribution is 7.90. The molecule has 9 heteroatoms. The molecule has 0 aliphatic carbocycles. The maximum absolute atomic E-state index is 12.3. The number of aromatic nitrogens is 3. The van der Waals surface area contributed by atoms with Gasteiger partial charge in [-0.25, -0.2) is 17.8 Å². The van der Waals surface area contributed by atoms with Gasteiger partial charge in [0.05, 0.1) is 34.4 Å². The fourth-order valence-corrected chi connectivity index (χ4v) is 4.13. The van der Waals surface area contributed by atoms with E-state index in [2.05, 4.69) is 20.4 Å². The van der Waals surface area contributed by atoms with Crippen LogP contribution in [0.1, 0.15) is 18.5 Å². The van der Waals surface area contributed by atoms with Gasteiger partial charge >= 0.3 is 0 Å². The minimum atomic E-state index is -3.36. The van der Waals surface area contributed by atoms with E-state index in [0.717, 1.165) is 13.0 Å². The van der Waals surface area contributed by atoms with E-state index in [1.807, 2.05) is 18.2 Å². The molecule has 0 amide bonds. The molecule has 1 aromatic heterocycles. The van der Waals surface area contributed by atoms with Crippen LogP contribution >= 0.6 is 11.6 Å². The summed E-state index contributed by atoms with van der Waals surface area (Å²) in [5, 5.41) is 11.3. The Morgan fingerprint density at radius 1 is 1.39 bits per heavy atom. The minimum Gasteiger partial charge on any atom is -0.315 e. The largest absolute Gasteiger partial charge is 0.315 e. The number of rotatable bonds is 5. The number of hydrogen-bond donors (Lipinski definition) is 2. The summed E-state index contributed by atoms with van der Waals surface area (Å²) >= 11 is 6.11. The summed E-state index contributed by atoms with van der Waals surface area (Å²) in [6.07, 6.45) is 3.21. The lowest BCUT2D eigenvalue weighted by molar-refractivity contribution is 0.489. The van der Waals surface area contributed by atoms with Gasteiger partial charge in [0.1, 0.15) is 0 Å². The second-order valence-electron chi connectivity index (χ2n) is 5.44. The van der Waals surface area contributed by atoms with Gasteiger partial charge in [0.25, 0.3) is 0 Å². The maximum Gasteiger partial charge on any atom is 0.216 e. The van der Waals surface area contributed by atoms with E-state index in [9.17, 15) is 8.42 Å². The number of hydrogen-bond acceptors (Lipinski definition) is 5. The fraction of sp³-hybridized carbons (Fsp3) is 0.429. The van der Waals surface area contributed by atoms with Crippen molar-refractivity contribution in [1.29, 1.82) is 0 Å². The first-order valence-electron chi connectivity index (χ1n) is 7.41. The molecule has 2 N–H and O–H groups in total. The molecular weight excluding hydrogens is 338 g/mol. The van der Waals surface area contributed by atoms with Crippen molar-refractivity contribution in [1.82, 2.24) is 25.0 Å². The Hall–Kier alpha value is -1.48. The number of nitrogens with zero attached hydrogens (tertiary/aromatic N) is 3. The van der Waals surface area contributed by atoms with Gasteiger partial charge in [-0.3, -0.25) is 0 Å². The third-order valence-electron chi connectivity index (χ3n) is 3.79. The average molecular weight is 356 g/mol. The van der Waals surface area contributed by atoms with Crippen LogP contribution in [0, 0.1) is 0 Å². The molecule has 1 aliphatic heterocycles. The van der Waals surface area contributed by atoms with Crippen molar-refractivity contribution in [2.24, 2.45) is 0 Å². The summed E-state index contributed by atoms with van der Waals surface area (Å²) in [6, 6.07) is 7.26. The van der Waals surface area contributed by atoms with E-state index in [4.69, 9.17) is 11.6 Å². The predicted octanol–water partition coefficient (Wildman–Crippen LogP) is 1.09. The van der Waals surface area contributed by atoms with E-state index in [0.29, 0.717) is 29.4 Å². The molecule has 0 bridgehead atoms. The van der Waals surface area contributed by atoms with Gasteiger partial charge in [0, 0.05) is 6.54 Å². The zero-order chi connectivity index (χ0) is 16.3. The van der Waals surface area contributed by atoms with Crippen LogP contribution in [0.4, 0.5) is 0 Å². The first-order valence-corrected chi connectivity index (χ1v) is 9.34. The van der Waals surface area contributed by atoms with Gasteiger partial charge in [-0.15, -0.1) is 5.10 Å². The normalized spacial score (nSPS) is 18.9.